The first-order valence-corrected chi connectivity index (χ1v) is 8.41. The fourth-order valence-corrected chi connectivity index (χ4v) is 2.85. The van der Waals surface area contributed by atoms with Crippen LogP contribution in [0.1, 0.15) is 44.1 Å². The van der Waals surface area contributed by atoms with Crippen LogP contribution < -0.4 is 15.4 Å². The van der Waals surface area contributed by atoms with Crippen molar-refractivity contribution < 1.29 is 9.53 Å². The fourth-order valence-electron chi connectivity index (χ4n) is 2.85. The molecule has 0 spiro atoms. The second-order valence-corrected chi connectivity index (χ2v) is 6.01. The van der Waals surface area contributed by atoms with Crippen molar-refractivity contribution >= 4 is 18.3 Å². The highest BCUT2D eigenvalue weighted by Crippen LogP contribution is 2.13. The van der Waals surface area contributed by atoms with Crippen molar-refractivity contribution in [1.29, 1.82) is 0 Å². The second kappa shape index (κ2) is 11.3. The summed E-state index contributed by atoms with van der Waals surface area (Å²) >= 11 is 0. The molecule has 2 N–H and O–H groups in total. The highest BCUT2D eigenvalue weighted by molar-refractivity contribution is 5.85. The molecule has 1 fully saturated rings. The molecule has 1 unspecified atom stereocenters. The van der Waals surface area contributed by atoms with Crippen LogP contribution in [0.4, 0.5) is 0 Å². The summed E-state index contributed by atoms with van der Waals surface area (Å²) in [5, 5.41) is 6.57. The smallest absolute Gasteiger partial charge is 0.220 e. The average molecular weight is 341 g/mol. The van der Waals surface area contributed by atoms with Gasteiger partial charge in [-0.3, -0.25) is 4.79 Å². The van der Waals surface area contributed by atoms with Crippen LogP contribution >= 0.6 is 12.4 Å². The van der Waals surface area contributed by atoms with E-state index in [0.717, 1.165) is 31.7 Å². The molecule has 5 heteroatoms. The van der Waals surface area contributed by atoms with Crippen molar-refractivity contribution in [2.75, 3.05) is 20.2 Å². The molecular formula is C18H29ClN2O2. The van der Waals surface area contributed by atoms with Gasteiger partial charge in [-0.25, -0.2) is 0 Å². The lowest BCUT2D eigenvalue weighted by atomic mass is 10.1. The summed E-state index contributed by atoms with van der Waals surface area (Å²) in [6.07, 6.45) is 7.41. The van der Waals surface area contributed by atoms with E-state index in [1.807, 2.05) is 12.1 Å². The first kappa shape index (κ1) is 19.8. The van der Waals surface area contributed by atoms with Crippen LogP contribution in [0, 0.1) is 0 Å². The molecule has 2 rings (SSSR count). The number of halogens is 1. The maximum atomic E-state index is 11.9. The van der Waals surface area contributed by atoms with Crippen molar-refractivity contribution in [1.82, 2.24) is 10.6 Å². The van der Waals surface area contributed by atoms with Gasteiger partial charge >= 0.3 is 0 Å². The van der Waals surface area contributed by atoms with Gasteiger partial charge in [0.1, 0.15) is 5.75 Å². The molecule has 1 aliphatic heterocycles. The Morgan fingerprint density at radius 2 is 2.04 bits per heavy atom. The fraction of sp³-hybridized carbons (Fsp3) is 0.611. The number of methoxy groups -OCH3 is 1. The van der Waals surface area contributed by atoms with E-state index in [-0.39, 0.29) is 18.3 Å². The molecule has 0 radical (unpaired) electrons. The molecule has 1 heterocycles. The van der Waals surface area contributed by atoms with Crippen LogP contribution in [0.25, 0.3) is 0 Å². The summed E-state index contributed by atoms with van der Waals surface area (Å²) in [5.41, 5.74) is 1.25. The average Bonchev–Trinajstić information content (AvgIpc) is 2.82. The third kappa shape index (κ3) is 7.71. The van der Waals surface area contributed by atoms with Crippen LogP contribution in [-0.4, -0.2) is 32.1 Å². The van der Waals surface area contributed by atoms with Gasteiger partial charge in [-0.1, -0.05) is 25.0 Å². The van der Waals surface area contributed by atoms with Crippen LogP contribution in [-0.2, 0) is 11.2 Å². The minimum Gasteiger partial charge on any atom is -0.497 e. The molecule has 0 aromatic heterocycles. The molecule has 0 bridgehead atoms. The maximum absolute atomic E-state index is 11.9. The summed E-state index contributed by atoms with van der Waals surface area (Å²) < 4.78 is 5.14. The van der Waals surface area contributed by atoms with Gasteiger partial charge in [0.2, 0.25) is 5.91 Å². The summed E-state index contributed by atoms with van der Waals surface area (Å²) in [6, 6.07) is 8.51. The molecule has 0 saturated carbocycles. The maximum Gasteiger partial charge on any atom is 0.220 e. The molecule has 1 saturated heterocycles. The van der Waals surface area contributed by atoms with E-state index in [1.54, 1.807) is 7.11 Å². The van der Waals surface area contributed by atoms with Crippen molar-refractivity contribution in [3.05, 3.63) is 29.8 Å². The van der Waals surface area contributed by atoms with Crippen molar-refractivity contribution in [3.63, 3.8) is 0 Å². The van der Waals surface area contributed by atoms with E-state index in [2.05, 4.69) is 22.8 Å². The molecule has 1 atom stereocenters. The Labute approximate surface area is 145 Å². The summed E-state index contributed by atoms with van der Waals surface area (Å²) in [5.74, 6) is 1.04. The number of carbonyl (C=O) groups is 1. The minimum absolute atomic E-state index is 0. The number of ether oxygens (including phenoxy) is 1. The third-order valence-corrected chi connectivity index (χ3v) is 4.24. The minimum atomic E-state index is 0. The van der Waals surface area contributed by atoms with Crippen molar-refractivity contribution in [3.8, 4) is 5.75 Å². The molecule has 130 valence electrons. The van der Waals surface area contributed by atoms with Crippen molar-refractivity contribution in [2.24, 2.45) is 0 Å². The largest absolute Gasteiger partial charge is 0.497 e. The quantitative estimate of drug-likeness (QED) is 0.802. The standard InChI is InChI=1S/C18H28N2O2.ClH/c1-22-17-11-9-15(10-12-17)6-5-8-18(21)20-14-16-7-3-2-4-13-19-16;/h9-12,16,19H,2-8,13-14H2,1H3,(H,20,21);1H. The van der Waals surface area contributed by atoms with Gasteiger partial charge in [-0.15, -0.1) is 12.4 Å². The Bertz CT molecular complexity index is 443. The van der Waals surface area contributed by atoms with Gasteiger partial charge in [0, 0.05) is 19.0 Å². The van der Waals surface area contributed by atoms with Gasteiger partial charge in [0.05, 0.1) is 7.11 Å². The number of rotatable bonds is 7. The van der Waals surface area contributed by atoms with Crippen LogP contribution in [0.5, 0.6) is 5.75 Å². The van der Waals surface area contributed by atoms with E-state index in [9.17, 15) is 4.79 Å². The molecule has 1 amide bonds. The van der Waals surface area contributed by atoms with E-state index >= 15 is 0 Å². The van der Waals surface area contributed by atoms with Crippen molar-refractivity contribution in [2.45, 2.75) is 51.0 Å². The van der Waals surface area contributed by atoms with E-state index in [1.165, 1.54) is 31.2 Å². The highest BCUT2D eigenvalue weighted by Gasteiger charge is 2.12. The molecule has 1 aromatic rings. The van der Waals surface area contributed by atoms with E-state index < -0.39 is 0 Å². The number of amides is 1. The van der Waals surface area contributed by atoms with Crippen LogP contribution in [0.3, 0.4) is 0 Å². The Kier molecular flexibility index (Phi) is 9.72. The SMILES string of the molecule is COc1ccc(CCCC(=O)NCC2CCCCCN2)cc1.Cl. The zero-order valence-electron chi connectivity index (χ0n) is 14.0. The monoisotopic (exact) mass is 340 g/mol. The molecule has 0 aliphatic carbocycles. The predicted octanol–water partition coefficient (Wildman–Crippen LogP) is 3.09. The topological polar surface area (TPSA) is 50.4 Å². The van der Waals surface area contributed by atoms with E-state index in [4.69, 9.17) is 4.74 Å². The lowest BCUT2D eigenvalue weighted by Crippen LogP contribution is -2.40. The van der Waals surface area contributed by atoms with Gasteiger partial charge < -0.3 is 15.4 Å². The molecular weight excluding hydrogens is 312 g/mol. The van der Waals surface area contributed by atoms with Gasteiger partial charge in [-0.2, -0.15) is 0 Å². The number of carbonyl (C=O) groups excluding carboxylic acids is 1. The van der Waals surface area contributed by atoms with Crippen LogP contribution in [0.15, 0.2) is 24.3 Å². The molecule has 4 nitrogen and oxygen atoms in total. The van der Waals surface area contributed by atoms with E-state index in [0.29, 0.717) is 12.5 Å². The normalized spacial score (nSPS) is 17.7. The lowest BCUT2D eigenvalue weighted by Gasteiger charge is -2.16. The Morgan fingerprint density at radius 3 is 2.78 bits per heavy atom. The lowest BCUT2D eigenvalue weighted by molar-refractivity contribution is -0.121. The highest BCUT2D eigenvalue weighted by atomic mass is 35.5. The summed E-state index contributed by atoms with van der Waals surface area (Å²) in [6.45, 7) is 1.85. The number of aryl methyl sites for hydroxylation is 1. The van der Waals surface area contributed by atoms with Gasteiger partial charge in [0.15, 0.2) is 0 Å². The summed E-state index contributed by atoms with van der Waals surface area (Å²) in [7, 11) is 1.67. The summed E-state index contributed by atoms with van der Waals surface area (Å²) in [4.78, 5) is 11.9. The third-order valence-electron chi connectivity index (χ3n) is 4.24. The Balaban J connectivity index is 0.00000264. The predicted molar refractivity (Wildman–Crippen MR) is 96.4 cm³/mol. The molecule has 23 heavy (non-hydrogen) atoms. The number of hydrogen-bond acceptors (Lipinski definition) is 3. The first-order chi connectivity index (χ1) is 10.8. The first-order valence-electron chi connectivity index (χ1n) is 8.41. The number of hydrogen-bond donors (Lipinski definition) is 2. The zero-order chi connectivity index (χ0) is 15.6. The van der Waals surface area contributed by atoms with Crippen LogP contribution in [0.2, 0.25) is 0 Å². The number of nitrogens with one attached hydrogen (secondary N) is 2. The molecule has 1 aliphatic rings. The Hall–Kier alpha value is -1.26. The van der Waals surface area contributed by atoms with Gasteiger partial charge in [-0.05, 0) is 49.9 Å². The second-order valence-electron chi connectivity index (χ2n) is 6.01. The Morgan fingerprint density at radius 1 is 1.26 bits per heavy atom. The zero-order valence-corrected chi connectivity index (χ0v) is 14.8. The van der Waals surface area contributed by atoms with Gasteiger partial charge in [0.25, 0.3) is 0 Å². The molecule has 1 aromatic carbocycles. The number of benzene rings is 1.